The van der Waals surface area contributed by atoms with Crippen molar-refractivity contribution in [3.8, 4) is 0 Å². The third-order valence-electron chi connectivity index (χ3n) is 2.38. The molecule has 0 aromatic heterocycles. The Morgan fingerprint density at radius 1 is 1.53 bits per heavy atom. The lowest BCUT2D eigenvalue weighted by atomic mass is 10.1. The Labute approximate surface area is 94.5 Å². The third-order valence-corrected chi connectivity index (χ3v) is 2.61. The second-order valence-corrected chi connectivity index (χ2v) is 3.87. The molecule has 80 valence electrons. The Hall–Kier alpha value is -1.22. The van der Waals surface area contributed by atoms with Crippen LogP contribution in [0.15, 0.2) is 23.2 Å². The summed E-state index contributed by atoms with van der Waals surface area (Å²) in [5, 5.41) is 7.22. The van der Waals surface area contributed by atoms with E-state index in [4.69, 9.17) is 11.6 Å². The molecule has 0 unspecified atom stereocenters. The van der Waals surface area contributed by atoms with Crippen LogP contribution in [-0.2, 0) is 6.42 Å². The Morgan fingerprint density at radius 2 is 2.40 bits per heavy atom. The molecule has 0 aliphatic carbocycles. The zero-order valence-electron chi connectivity index (χ0n) is 8.68. The number of anilines is 1. The first-order valence-electron chi connectivity index (χ1n) is 5.13. The van der Waals surface area contributed by atoms with Crippen LogP contribution in [0.3, 0.4) is 0 Å². The van der Waals surface area contributed by atoms with E-state index in [2.05, 4.69) is 22.5 Å². The standard InChI is InChI=1S/C11H14ClN3/c1-2-8-7-9(12)3-4-10(8)15-11-13-5-6-14-11/h3-4,7H,2,5-6H2,1H3,(H2,13,14,15). The van der Waals surface area contributed by atoms with Gasteiger partial charge >= 0.3 is 0 Å². The number of guanidine groups is 1. The van der Waals surface area contributed by atoms with E-state index >= 15 is 0 Å². The van der Waals surface area contributed by atoms with Crippen molar-refractivity contribution in [2.75, 3.05) is 18.4 Å². The number of hydrogen-bond donors (Lipinski definition) is 2. The van der Waals surface area contributed by atoms with E-state index in [1.165, 1.54) is 5.56 Å². The van der Waals surface area contributed by atoms with E-state index in [1.807, 2.05) is 18.2 Å². The molecule has 1 aliphatic rings. The van der Waals surface area contributed by atoms with Crippen LogP contribution in [0.4, 0.5) is 5.69 Å². The highest BCUT2D eigenvalue weighted by Crippen LogP contribution is 2.21. The van der Waals surface area contributed by atoms with Crippen molar-refractivity contribution in [1.29, 1.82) is 0 Å². The minimum atomic E-state index is 0.777. The summed E-state index contributed by atoms with van der Waals surface area (Å²) >= 11 is 5.94. The van der Waals surface area contributed by atoms with Crippen LogP contribution >= 0.6 is 11.6 Å². The Balaban J connectivity index is 2.19. The summed E-state index contributed by atoms with van der Waals surface area (Å²) in [7, 11) is 0. The van der Waals surface area contributed by atoms with E-state index in [0.717, 1.165) is 36.2 Å². The first-order valence-corrected chi connectivity index (χ1v) is 5.51. The van der Waals surface area contributed by atoms with Gasteiger partial charge in [-0.05, 0) is 30.2 Å². The van der Waals surface area contributed by atoms with Gasteiger partial charge in [0, 0.05) is 17.3 Å². The number of aliphatic imine (C=N–C) groups is 1. The van der Waals surface area contributed by atoms with E-state index in [9.17, 15) is 0 Å². The van der Waals surface area contributed by atoms with Gasteiger partial charge in [0.2, 0.25) is 0 Å². The number of nitrogens with zero attached hydrogens (tertiary/aromatic N) is 1. The smallest absolute Gasteiger partial charge is 0.195 e. The fourth-order valence-electron chi connectivity index (χ4n) is 1.59. The zero-order valence-corrected chi connectivity index (χ0v) is 9.43. The van der Waals surface area contributed by atoms with Crippen LogP contribution in [-0.4, -0.2) is 19.0 Å². The SMILES string of the molecule is CCc1cc(Cl)ccc1NC1=NCCN1. The molecule has 15 heavy (non-hydrogen) atoms. The monoisotopic (exact) mass is 223 g/mol. The van der Waals surface area contributed by atoms with Gasteiger partial charge in [0.05, 0.1) is 6.54 Å². The molecule has 0 saturated heterocycles. The van der Waals surface area contributed by atoms with Gasteiger partial charge in [-0.1, -0.05) is 18.5 Å². The quantitative estimate of drug-likeness (QED) is 0.807. The molecule has 3 nitrogen and oxygen atoms in total. The van der Waals surface area contributed by atoms with E-state index in [-0.39, 0.29) is 0 Å². The third kappa shape index (κ3) is 2.42. The fourth-order valence-corrected chi connectivity index (χ4v) is 1.78. The van der Waals surface area contributed by atoms with Crippen molar-refractivity contribution in [3.63, 3.8) is 0 Å². The highest BCUT2D eigenvalue weighted by Gasteiger charge is 2.07. The molecule has 1 heterocycles. The maximum Gasteiger partial charge on any atom is 0.195 e. The predicted octanol–water partition coefficient (Wildman–Crippen LogP) is 2.27. The average Bonchev–Trinajstić information content (AvgIpc) is 2.73. The van der Waals surface area contributed by atoms with Gasteiger partial charge in [-0.15, -0.1) is 0 Å². The van der Waals surface area contributed by atoms with Crippen LogP contribution < -0.4 is 10.6 Å². The summed E-state index contributed by atoms with van der Waals surface area (Å²) in [6.45, 7) is 3.87. The second-order valence-electron chi connectivity index (χ2n) is 3.44. The summed E-state index contributed by atoms with van der Waals surface area (Å²) in [5.74, 6) is 0.854. The first kappa shape index (κ1) is 10.3. The van der Waals surface area contributed by atoms with Gasteiger partial charge in [0.15, 0.2) is 5.96 Å². The van der Waals surface area contributed by atoms with E-state index in [1.54, 1.807) is 0 Å². The highest BCUT2D eigenvalue weighted by atomic mass is 35.5. The number of hydrogen-bond acceptors (Lipinski definition) is 3. The minimum absolute atomic E-state index is 0.777. The molecular formula is C11H14ClN3. The van der Waals surface area contributed by atoms with Crippen LogP contribution in [0.1, 0.15) is 12.5 Å². The topological polar surface area (TPSA) is 36.4 Å². The number of benzene rings is 1. The van der Waals surface area contributed by atoms with Gasteiger partial charge < -0.3 is 10.6 Å². The summed E-state index contributed by atoms with van der Waals surface area (Å²) < 4.78 is 0. The molecule has 0 saturated carbocycles. The highest BCUT2D eigenvalue weighted by molar-refractivity contribution is 6.30. The Kier molecular flexibility index (Phi) is 3.11. The predicted molar refractivity (Wildman–Crippen MR) is 64.8 cm³/mol. The summed E-state index contributed by atoms with van der Waals surface area (Å²) in [6.07, 6.45) is 0.955. The summed E-state index contributed by atoms with van der Waals surface area (Å²) in [6, 6.07) is 5.86. The van der Waals surface area contributed by atoms with Crippen molar-refractivity contribution >= 4 is 23.2 Å². The molecule has 0 bridgehead atoms. The van der Waals surface area contributed by atoms with E-state index in [0.29, 0.717) is 0 Å². The van der Waals surface area contributed by atoms with Gasteiger partial charge in [0.1, 0.15) is 0 Å². The summed E-state index contributed by atoms with van der Waals surface area (Å²) in [5.41, 5.74) is 2.29. The maximum absolute atomic E-state index is 5.94. The van der Waals surface area contributed by atoms with Crippen molar-refractivity contribution in [3.05, 3.63) is 28.8 Å². The van der Waals surface area contributed by atoms with Crippen molar-refractivity contribution < 1.29 is 0 Å². The number of aryl methyl sites for hydroxylation is 1. The molecule has 1 aliphatic heterocycles. The van der Waals surface area contributed by atoms with Gasteiger partial charge in [0.25, 0.3) is 0 Å². The number of rotatable bonds is 2. The summed E-state index contributed by atoms with van der Waals surface area (Å²) in [4.78, 5) is 4.29. The number of nitrogens with one attached hydrogen (secondary N) is 2. The van der Waals surface area contributed by atoms with Gasteiger partial charge in [-0.3, -0.25) is 4.99 Å². The molecule has 2 rings (SSSR count). The maximum atomic E-state index is 5.94. The molecule has 0 spiro atoms. The molecule has 1 aromatic carbocycles. The Bertz CT molecular complexity index is 387. The fraction of sp³-hybridized carbons (Fsp3) is 0.364. The minimum Gasteiger partial charge on any atom is -0.354 e. The molecule has 0 fully saturated rings. The van der Waals surface area contributed by atoms with Crippen LogP contribution in [0.5, 0.6) is 0 Å². The van der Waals surface area contributed by atoms with Crippen LogP contribution in [0.2, 0.25) is 5.02 Å². The first-order chi connectivity index (χ1) is 7.29. The molecule has 1 aromatic rings. The lowest BCUT2D eigenvalue weighted by molar-refractivity contribution is 0.959. The average molecular weight is 224 g/mol. The van der Waals surface area contributed by atoms with Crippen LogP contribution in [0.25, 0.3) is 0 Å². The normalized spacial score (nSPS) is 14.7. The van der Waals surface area contributed by atoms with Gasteiger partial charge in [-0.2, -0.15) is 0 Å². The van der Waals surface area contributed by atoms with Crippen molar-refractivity contribution in [1.82, 2.24) is 5.32 Å². The molecule has 0 radical (unpaired) electrons. The molecule has 2 N–H and O–H groups in total. The lowest BCUT2D eigenvalue weighted by Gasteiger charge is -2.11. The molecule has 0 atom stereocenters. The largest absolute Gasteiger partial charge is 0.354 e. The van der Waals surface area contributed by atoms with E-state index < -0.39 is 0 Å². The van der Waals surface area contributed by atoms with Gasteiger partial charge in [-0.25, -0.2) is 0 Å². The van der Waals surface area contributed by atoms with Crippen molar-refractivity contribution in [2.45, 2.75) is 13.3 Å². The number of halogens is 1. The Morgan fingerprint density at radius 3 is 3.07 bits per heavy atom. The molecular weight excluding hydrogens is 210 g/mol. The second kappa shape index (κ2) is 4.53. The lowest BCUT2D eigenvalue weighted by Crippen LogP contribution is -2.26. The zero-order chi connectivity index (χ0) is 10.7. The van der Waals surface area contributed by atoms with Crippen molar-refractivity contribution in [2.24, 2.45) is 4.99 Å². The molecule has 4 heteroatoms. The van der Waals surface area contributed by atoms with Crippen LogP contribution in [0, 0.1) is 0 Å². The molecule has 0 amide bonds.